The molecule has 1 fully saturated rings. The summed E-state index contributed by atoms with van der Waals surface area (Å²) in [5.41, 5.74) is 0.760. The Morgan fingerprint density at radius 2 is 2.12 bits per heavy atom. The Kier molecular flexibility index (Phi) is 3.67. The average Bonchev–Trinajstić information content (AvgIpc) is 2.39. The fourth-order valence-corrected chi connectivity index (χ4v) is 2.39. The molecule has 1 aromatic heterocycles. The number of nitrogens with zero attached hydrogens (tertiary/aromatic N) is 1. The van der Waals surface area contributed by atoms with Gasteiger partial charge in [-0.15, -0.1) is 0 Å². The number of carbonyl (C=O) groups excluding carboxylic acids is 1. The van der Waals surface area contributed by atoms with Crippen LogP contribution in [0.1, 0.15) is 36.0 Å². The van der Waals surface area contributed by atoms with Crippen molar-refractivity contribution in [1.29, 1.82) is 0 Å². The highest BCUT2D eigenvalue weighted by molar-refractivity contribution is 5.97. The molecule has 1 saturated carbocycles. The van der Waals surface area contributed by atoms with Crippen LogP contribution in [-0.2, 0) is 0 Å². The number of Topliss-reactive ketones (excluding diaryl/α,β-unsaturated/α-hetero) is 1. The lowest BCUT2D eigenvalue weighted by Crippen LogP contribution is -2.32. The zero-order valence-electron chi connectivity index (χ0n) is 9.65. The Morgan fingerprint density at radius 3 is 2.69 bits per heavy atom. The molecule has 3 heteroatoms. The lowest BCUT2D eigenvalue weighted by molar-refractivity contribution is 0.0880. The third kappa shape index (κ3) is 2.47. The van der Waals surface area contributed by atoms with Crippen molar-refractivity contribution in [3.63, 3.8) is 0 Å². The van der Waals surface area contributed by atoms with E-state index in [1.807, 2.05) is 19.2 Å². The molecule has 0 amide bonds. The smallest absolute Gasteiger partial charge is 0.167 e. The van der Waals surface area contributed by atoms with E-state index in [-0.39, 0.29) is 11.7 Å². The molecule has 0 radical (unpaired) electrons. The molecule has 1 aliphatic carbocycles. The predicted molar refractivity (Wildman–Crippen MR) is 63.4 cm³/mol. The molecule has 3 nitrogen and oxygen atoms in total. The van der Waals surface area contributed by atoms with Gasteiger partial charge in [0.2, 0.25) is 0 Å². The second-order valence-corrected chi connectivity index (χ2v) is 4.44. The van der Waals surface area contributed by atoms with E-state index < -0.39 is 0 Å². The summed E-state index contributed by atoms with van der Waals surface area (Å²) in [5.74, 6) is 0.469. The van der Waals surface area contributed by atoms with E-state index in [0.717, 1.165) is 31.2 Å². The lowest BCUT2D eigenvalue weighted by Gasteiger charge is -2.27. The maximum Gasteiger partial charge on any atom is 0.167 e. The molecule has 2 rings (SSSR count). The van der Waals surface area contributed by atoms with Gasteiger partial charge in [-0.1, -0.05) is 0 Å². The summed E-state index contributed by atoms with van der Waals surface area (Å²) in [4.78, 5) is 16.1. The number of carbonyl (C=O) groups is 1. The number of ketones is 1. The van der Waals surface area contributed by atoms with Gasteiger partial charge in [0.1, 0.15) is 0 Å². The number of hydrogen-bond donors (Lipinski definition) is 1. The van der Waals surface area contributed by atoms with Crippen LogP contribution in [0.2, 0.25) is 0 Å². The van der Waals surface area contributed by atoms with E-state index in [2.05, 4.69) is 10.3 Å². The van der Waals surface area contributed by atoms with E-state index in [1.54, 1.807) is 12.4 Å². The second kappa shape index (κ2) is 5.21. The standard InChI is InChI=1S/C13H18N2O/c1-14-12-6-4-10(5-7-12)13(16)11-3-2-8-15-9-11/h2-3,8-10,12,14H,4-7H2,1H3. The average molecular weight is 218 g/mol. The molecule has 0 bridgehead atoms. The van der Waals surface area contributed by atoms with Crippen molar-refractivity contribution in [2.45, 2.75) is 31.7 Å². The predicted octanol–water partition coefficient (Wildman–Crippen LogP) is 2.04. The Bertz CT molecular complexity index is 342. The SMILES string of the molecule is CNC1CCC(C(=O)c2cccnc2)CC1. The molecule has 0 atom stereocenters. The molecule has 0 unspecified atom stereocenters. The molecule has 1 aliphatic rings. The normalized spacial score (nSPS) is 25.3. The van der Waals surface area contributed by atoms with Gasteiger partial charge >= 0.3 is 0 Å². The van der Waals surface area contributed by atoms with Gasteiger partial charge in [0.05, 0.1) is 0 Å². The fraction of sp³-hybridized carbons (Fsp3) is 0.538. The van der Waals surface area contributed by atoms with Crippen LogP contribution in [0.5, 0.6) is 0 Å². The minimum absolute atomic E-state index is 0.203. The maximum absolute atomic E-state index is 12.1. The van der Waals surface area contributed by atoms with Crippen LogP contribution in [0.3, 0.4) is 0 Å². The molecular formula is C13H18N2O. The fourth-order valence-electron chi connectivity index (χ4n) is 2.39. The van der Waals surface area contributed by atoms with E-state index in [0.29, 0.717) is 6.04 Å². The van der Waals surface area contributed by atoms with Gasteiger partial charge < -0.3 is 5.32 Å². The second-order valence-electron chi connectivity index (χ2n) is 4.44. The molecule has 1 N–H and O–H groups in total. The van der Waals surface area contributed by atoms with Crippen LogP contribution in [0, 0.1) is 5.92 Å². The number of rotatable bonds is 3. The van der Waals surface area contributed by atoms with Gasteiger partial charge in [-0.2, -0.15) is 0 Å². The molecular weight excluding hydrogens is 200 g/mol. The van der Waals surface area contributed by atoms with E-state index in [4.69, 9.17) is 0 Å². The van der Waals surface area contributed by atoms with Crippen molar-refractivity contribution in [1.82, 2.24) is 10.3 Å². The minimum atomic E-state index is 0.203. The van der Waals surface area contributed by atoms with Crippen molar-refractivity contribution >= 4 is 5.78 Å². The third-order valence-corrected chi connectivity index (χ3v) is 3.45. The quantitative estimate of drug-likeness (QED) is 0.789. The van der Waals surface area contributed by atoms with Crippen molar-refractivity contribution in [3.8, 4) is 0 Å². The van der Waals surface area contributed by atoms with Crippen LogP contribution in [0.15, 0.2) is 24.5 Å². The van der Waals surface area contributed by atoms with Crippen LogP contribution < -0.4 is 5.32 Å². The first-order valence-electron chi connectivity index (χ1n) is 5.92. The zero-order chi connectivity index (χ0) is 11.4. The summed E-state index contributed by atoms with van der Waals surface area (Å²) in [5, 5.41) is 3.28. The van der Waals surface area contributed by atoms with Gasteiger partial charge in [0, 0.05) is 29.9 Å². The van der Waals surface area contributed by atoms with Gasteiger partial charge in [-0.25, -0.2) is 0 Å². The zero-order valence-corrected chi connectivity index (χ0v) is 9.65. The topological polar surface area (TPSA) is 42.0 Å². The number of aromatic nitrogens is 1. The van der Waals surface area contributed by atoms with Crippen molar-refractivity contribution in [2.75, 3.05) is 7.05 Å². The van der Waals surface area contributed by atoms with E-state index in [9.17, 15) is 4.79 Å². The minimum Gasteiger partial charge on any atom is -0.317 e. The number of hydrogen-bond acceptors (Lipinski definition) is 3. The molecule has 16 heavy (non-hydrogen) atoms. The summed E-state index contributed by atoms with van der Waals surface area (Å²) in [6.07, 6.45) is 7.58. The molecule has 0 aliphatic heterocycles. The molecule has 0 spiro atoms. The largest absolute Gasteiger partial charge is 0.317 e. The summed E-state index contributed by atoms with van der Waals surface area (Å²) in [6.45, 7) is 0. The highest BCUT2D eigenvalue weighted by Crippen LogP contribution is 2.26. The first-order valence-corrected chi connectivity index (χ1v) is 5.92. The highest BCUT2D eigenvalue weighted by atomic mass is 16.1. The Labute approximate surface area is 96.3 Å². The number of pyridine rings is 1. The Hall–Kier alpha value is -1.22. The molecule has 1 aromatic rings. The lowest BCUT2D eigenvalue weighted by atomic mass is 9.82. The van der Waals surface area contributed by atoms with Gasteiger partial charge in [0.25, 0.3) is 0 Å². The maximum atomic E-state index is 12.1. The third-order valence-electron chi connectivity index (χ3n) is 3.45. The van der Waals surface area contributed by atoms with Crippen molar-refractivity contribution in [3.05, 3.63) is 30.1 Å². The van der Waals surface area contributed by atoms with E-state index in [1.165, 1.54) is 0 Å². The summed E-state index contributed by atoms with van der Waals surface area (Å²) < 4.78 is 0. The number of nitrogens with one attached hydrogen (secondary N) is 1. The van der Waals surface area contributed by atoms with Crippen LogP contribution in [0.4, 0.5) is 0 Å². The summed E-state index contributed by atoms with van der Waals surface area (Å²) in [7, 11) is 1.99. The van der Waals surface area contributed by atoms with Crippen LogP contribution >= 0.6 is 0 Å². The molecule has 86 valence electrons. The molecule has 0 aromatic carbocycles. The van der Waals surface area contributed by atoms with Gasteiger partial charge in [-0.3, -0.25) is 9.78 Å². The Morgan fingerprint density at radius 1 is 1.38 bits per heavy atom. The highest BCUT2D eigenvalue weighted by Gasteiger charge is 2.26. The summed E-state index contributed by atoms with van der Waals surface area (Å²) in [6, 6.07) is 4.28. The Balaban J connectivity index is 1.97. The van der Waals surface area contributed by atoms with Crippen LogP contribution in [-0.4, -0.2) is 23.9 Å². The van der Waals surface area contributed by atoms with Gasteiger partial charge in [-0.05, 0) is 44.9 Å². The first kappa shape index (κ1) is 11.3. The molecule has 0 saturated heterocycles. The van der Waals surface area contributed by atoms with Gasteiger partial charge in [0.15, 0.2) is 5.78 Å². The van der Waals surface area contributed by atoms with Crippen LogP contribution in [0.25, 0.3) is 0 Å². The van der Waals surface area contributed by atoms with E-state index >= 15 is 0 Å². The summed E-state index contributed by atoms with van der Waals surface area (Å²) >= 11 is 0. The first-order chi connectivity index (χ1) is 7.81. The van der Waals surface area contributed by atoms with Crippen molar-refractivity contribution < 1.29 is 4.79 Å². The van der Waals surface area contributed by atoms with Crippen molar-refractivity contribution in [2.24, 2.45) is 5.92 Å². The monoisotopic (exact) mass is 218 g/mol. The molecule has 1 heterocycles.